The molecule has 3 nitrogen and oxygen atoms in total. The second-order valence-corrected chi connectivity index (χ2v) is 2.74. The Kier molecular flexibility index (Phi) is 3.94. The van der Waals surface area contributed by atoms with Crippen LogP contribution in [0.3, 0.4) is 0 Å². The number of isocyanates is 1. The van der Waals surface area contributed by atoms with Crippen molar-refractivity contribution in [3.8, 4) is 5.75 Å². The molecule has 0 radical (unpaired) electrons. The van der Waals surface area contributed by atoms with Crippen LogP contribution in [0, 0.1) is 0 Å². The van der Waals surface area contributed by atoms with Gasteiger partial charge >= 0.3 is 0 Å². The number of rotatable bonds is 4. The third-order valence-electron chi connectivity index (χ3n) is 1.93. The van der Waals surface area contributed by atoms with Crippen molar-refractivity contribution >= 4 is 6.08 Å². The minimum Gasteiger partial charge on any atom is -0.496 e. The monoisotopic (exact) mass is 213 g/mol. The number of carbonyl (C=O) groups excluding carboxylic acids is 1. The number of ether oxygens (including phenoxy) is 1. The van der Waals surface area contributed by atoms with Crippen molar-refractivity contribution in [2.45, 2.75) is 13.0 Å². The first-order chi connectivity index (χ1) is 7.20. The molecule has 0 aromatic heterocycles. The maximum absolute atomic E-state index is 12.6. The lowest BCUT2D eigenvalue weighted by molar-refractivity contribution is 0.149. The van der Waals surface area contributed by atoms with Crippen molar-refractivity contribution in [2.24, 2.45) is 4.99 Å². The molecule has 1 aromatic carbocycles. The standard InChI is InChI=1S/C10H9F2NO2/c1-15-9-4-2-3-7(10(11)12)8(9)5-13-6-14/h2-4,10H,5H2,1H3. The van der Waals surface area contributed by atoms with Crippen molar-refractivity contribution in [2.75, 3.05) is 7.11 Å². The fourth-order valence-corrected chi connectivity index (χ4v) is 1.26. The van der Waals surface area contributed by atoms with Crippen LogP contribution in [-0.4, -0.2) is 13.2 Å². The van der Waals surface area contributed by atoms with Crippen LogP contribution in [0.5, 0.6) is 5.75 Å². The van der Waals surface area contributed by atoms with Gasteiger partial charge in [-0.3, -0.25) is 0 Å². The Morgan fingerprint density at radius 2 is 2.27 bits per heavy atom. The summed E-state index contributed by atoms with van der Waals surface area (Å²) in [5.41, 5.74) is 0.0479. The van der Waals surface area contributed by atoms with Crippen molar-refractivity contribution in [1.29, 1.82) is 0 Å². The van der Waals surface area contributed by atoms with Gasteiger partial charge in [0.05, 0.1) is 13.7 Å². The smallest absolute Gasteiger partial charge is 0.264 e. The molecule has 1 rings (SSSR count). The van der Waals surface area contributed by atoms with Crippen LogP contribution < -0.4 is 4.74 Å². The summed E-state index contributed by atoms with van der Waals surface area (Å²) in [7, 11) is 1.37. The normalized spacial score (nSPS) is 9.87. The number of hydrogen-bond donors (Lipinski definition) is 0. The maximum atomic E-state index is 12.6. The first-order valence-electron chi connectivity index (χ1n) is 4.18. The van der Waals surface area contributed by atoms with Gasteiger partial charge in [-0.05, 0) is 6.07 Å². The van der Waals surface area contributed by atoms with Gasteiger partial charge in [0.25, 0.3) is 6.43 Å². The van der Waals surface area contributed by atoms with Gasteiger partial charge in [0.15, 0.2) is 0 Å². The Hall–Kier alpha value is -1.74. The quantitative estimate of drug-likeness (QED) is 0.569. The number of hydrogen-bond acceptors (Lipinski definition) is 3. The molecule has 0 saturated heterocycles. The Labute approximate surface area is 85.4 Å². The lowest BCUT2D eigenvalue weighted by Crippen LogP contribution is -1.97. The predicted octanol–water partition coefficient (Wildman–Crippen LogP) is 2.47. The van der Waals surface area contributed by atoms with E-state index in [2.05, 4.69) is 4.99 Å². The summed E-state index contributed by atoms with van der Waals surface area (Å²) in [6.45, 7) is -0.146. The number of aliphatic imine (C=N–C) groups is 1. The first kappa shape index (κ1) is 11.3. The predicted molar refractivity (Wildman–Crippen MR) is 49.8 cm³/mol. The van der Waals surface area contributed by atoms with Crippen molar-refractivity contribution in [3.63, 3.8) is 0 Å². The van der Waals surface area contributed by atoms with Crippen LogP contribution in [0.4, 0.5) is 8.78 Å². The number of halogens is 2. The molecule has 0 fully saturated rings. The molecule has 0 amide bonds. The molecule has 1 aromatic rings. The zero-order valence-electron chi connectivity index (χ0n) is 8.04. The van der Waals surface area contributed by atoms with Gasteiger partial charge in [-0.1, -0.05) is 12.1 Å². The highest BCUT2D eigenvalue weighted by atomic mass is 19.3. The molecule has 0 saturated carbocycles. The van der Waals surface area contributed by atoms with E-state index < -0.39 is 6.43 Å². The summed E-state index contributed by atoms with van der Waals surface area (Å²) in [6, 6.07) is 4.29. The Morgan fingerprint density at radius 3 is 2.80 bits per heavy atom. The van der Waals surface area contributed by atoms with Crippen LogP contribution in [0.1, 0.15) is 17.6 Å². The van der Waals surface area contributed by atoms with Gasteiger partial charge in [-0.25, -0.2) is 18.6 Å². The molecule has 0 bridgehead atoms. The van der Waals surface area contributed by atoms with Crippen LogP contribution in [0.25, 0.3) is 0 Å². The molecular weight excluding hydrogens is 204 g/mol. The molecule has 0 heterocycles. The molecule has 0 N–H and O–H groups in total. The number of benzene rings is 1. The Morgan fingerprint density at radius 1 is 1.53 bits per heavy atom. The number of alkyl halides is 2. The zero-order chi connectivity index (χ0) is 11.3. The Bertz CT molecular complexity index is 387. The van der Waals surface area contributed by atoms with Gasteiger partial charge < -0.3 is 4.74 Å². The van der Waals surface area contributed by atoms with E-state index in [1.165, 1.54) is 25.3 Å². The van der Waals surface area contributed by atoms with E-state index in [1.807, 2.05) is 0 Å². The lowest BCUT2D eigenvalue weighted by atomic mass is 10.1. The highest BCUT2D eigenvalue weighted by molar-refractivity contribution is 5.42. The van der Waals surface area contributed by atoms with Gasteiger partial charge in [-0.2, -0.15) is 0 Å². The summed E-state index contributed by atoms with van der Waals surface area (Å²) in [6.07, 6.45) is -1.31. The van der Waals surface area contributed by atoms with E-state index >= 15 is 0 Å². The van der Waals surface area contributed by atoms with Gasteiger partial charge in [0.2, 0.25) is 6.08 Å². The SMILES string of the molecule is COc1cccc(C(F)F)c1CN=C=O. The zero-order valence-corrected chi connectivity index (χ0v) is 8.04. The van der Waals surface area contributed by atoms with E-state index in [-0.39, 0.29) is 17.7 Å². The number of nitrogens with zero attached hydrogens (tertiary/aromatic N) is 1. The first-order valence-corrected chi connectivity index (χ1v) is 4.18. The summed E-state index contributed by atoms with van der Waals surface area (Å²) >= 11 is 0. The van der Waals surface area contributed by atoms with Crippen LogP contribution in [0.2, 0.25) is 0 Å². The van der Waals surface area contributed by atoms with E-state index in [4.69, 9.17) is 4.74 Å². The highest BCUT2D eigenvalue weighted by Gasteiger charge is 2.15. The topological polar surface area (TPSA) is 38.7 Å². The van der Waals surface area contributed by atoms with Gasteiger partial charge in [0, 0.05) is 11.1 Å². The summed E-state index contributed by atoms with van der Waals surface area (Å²) in [5.74, 6) is 0.298. The Balaban J connectivity index is 3.19. The molecule has 5 heteroatoms. The second kappa shape index (κ2) is 5.22. The molecule has 0 unspecified atom stereocenters. The molecule has 0 spiro atoms. The van der Waals surface area contributed by atoms with Crippen LogP contribution >= 0.6 is 0 Å². The lowest BCUT2D eigenvalue weighted by Gasteiger charge is -2.10. The molecule has 0 aliphatic rings. The van der Waals surface area contributed by atoms with Gasteiger partial charge in [-0.15, -0.1) is 0 Å². The molecule has 0 aliphatic heterocycles. The molecule has 0 aliphatic carbocycles. The maximum Gasteiger partial charge on any atom is 0.264 e. The van der Waals surface area contributed by atoms with Crippen molar-refractivity contribution in [1.82, 2.24) is 0 Å². The third kappa shape index (κ3) is 2.60. The summed E-state index contributed by atoms with van der Waals surface area (Å²) in [4.78, 5) is 13.2. The third-order valence-corrected chi connectivity index (χ3v) is 1.93. The minimum atomic E-state index is -2.61. The average molecular weight is 213 g/mol. The molecule has 80 valence electrons. The van der Waals surface area contributed by atoms with Crippen molar-refractivity contribution in [3.05, 3.63) is 29.3 Å². The summed E-state index contributed by atoms with van der Waals surface area (Å²) < 4.78 is 30.1. The highest BCUT2D eigenvalue weighted by Crippen LogP contribution is 2.30. The molecular formula is C10H9F2NO2. The van der Waals surface area contributed by atoms with Crippen molar-refractivity contribution < 1.29 is 18.3 Å². The molecule has 15 heavy (non-hydrogen) atoms. The van der Waals surface area contributed by atoms with E-state index in [0.717, 1.165) is 0 Å². The average Bonchev–Trinajstić information content (AvgIpc) is 2.25. The fraction of sp³-hybridized carbons (Fsp3) is 0.300. The van der Waals surface area contributed by atoms with E-state index in [1.54, 1.807) is 6.07 Å². The van der Waals surface area contributed by atoms with E-state index in [9.17, 15) is 13.6 Å². The fourth-order valence-electron chi connectivity index (χ4n) is 1.26. The van der Waals surface area contributed by atoms with Gasteiger partial charge in [0.1, 0.15) is 5.75 Å². The van der Waals surface area contributed by atoms with E-state index in [0.29, 0.717) is 5.75 Å². The molecule has 0 atom stereocenters. The summed E-state index contributed by atoms with van der Waals surface area (Å²) in [5, 5.41) is 0. The minimum absolute atomic E-state index is 0.146. The second-order valence-electron chi connectivity index (χ2n) is 2.74. The van der Waals surface area contributed by atoms with Crippen LogP contribution in [0.15, 0.2) is 23.2 Å². The largest absolute Gasteiger partial charge is 0.496 e. The number of methoxy groups -OCH3 is 1. The van der Waals surface area contributed by atoms with Crippen LogP contribution in [-0.2, 0) is 11.3 Å².